The lowest BCUT2D eigenvalue weighted by atomic mass is 10.1. The van der Waals surface area contributed by atoms with Crippen molar-refractivity contribution in [1.29, 1.82) is 0 Å². The number of alkyl halides is 1. The van der Waals surface area contributed by atoms with Crippen LogP contribution in [0.5, 0.6) is 17.2 Å². The van der Waals surface area contributed by atoms with Gasteiger partial charge < -0.3 is 24.5 Å². The molecule has 0 unspecified atom stereocenters. The van der Waals surface area contributed by atoms with E-state index in [0.717, 1.165) is 33.5 Å². The first-order chi connectivity index (χ1) is 17.7. The number of methoxy groups -OCH3 is 1. The van der Waals surface area contributed by atoms with E-state index in [-0.39, 0.29) is 0 Å². The Balaban J connectivity index is 1.58. The molecule has 0 fully saturated rings. The lowest BCUT2D eigenvalue weighted by Gasteiger charge is -2.12. The van der Waals surface area contributed by atoms with Gasteiger partial charge >= 0.3 is 0 Å². The second-order valence-corrected chi connectivity index (χ2v) is 8.42. The first-order valence-electron chi connectivity index (χ1n) is 11.4. The molecule has 0 aliphatic rings. The van der Waals surface area contributed by atoms with E-state index >= 15 is 0 Å². The van der Waals surface area contributed by atoms with Gasteiger partial charge in [-0.05, 0) is 35.4 Å². The number of halogens is 1. The molecule has 0 aliphatic carbocycles. The van der Waals surface area contributed by atoms with Gasteiger partial charge in [-0.2, -0.15) is 0 Å². The summed E-state index contributed by atoms with van der Waals surface area (Å²) < 4.78 is 19.4. The fourth-order valence-corrected chi connectivity index (χ4v) is 4.15. The number of fused-ring (bicyclic) bond motifs is 1. The monoisotopic (exact) mass is 500 g/mol. The van der Waals surface area contributed by atoms with E-state index in [2.05, 4.69) is 9.97 Å². The standard InChI is InChI=1S/C28H25ClN4O3/c1-34-24-11-10-20(14-25(24)36-17-19-6-3-2-4-7-19)23-16-33(28-26(23)27(30)31-18-32-28)21-8-5-9-22(15-21)35-13-12-29/h2-11,14-16,18H,12-13,17H2,1H3,(H2,30,31,32). The third kappa shape index (κ3) is 4.78. The highest BCUT2D eigenvalue weighted by Crippen LogP contribution is 2.39. The maximum Gasteiger partial charge on any atom is 0.162 e. The van der Waals surface area contributed by atoms with Gasteiger partial charge in [0.2, 0.25) is 0 Å². The quantitative estimate of drug-likeness (QED) is 0.255. The summed E-state index contributed by atoms with van der Waals surface area (Å²) in [6.45, 7) is 0.845. The van der Waals surface area contributed by atoms with E-state index in [9.17, 15) is 0 Å². The average molecular weight is 501 g/mol. The summed E-state index contributed by atoms with van der Waals surface area (Å²) >= 11 is 5.79. The first-order valence-corrected chi connectivity index (χ1v) is 12.0. The molecule has 0 saturated carbocycles. The fourth-order valence-electron chi connectivity index (χ4n) is 4.07. The van der Waals surface area contributed by atoms with E-state index in [0.29, 0.717) is 42.1 Å². The molecule has 0 spiro atoms. The smallest absolute Gasteiger partial charge is 0.162 e. The van der Waals surface area contributed by atoms with Gasteiger partial charge in [0.15, 0.2) is 17.1 Å². The summed E-state index contributed by atoms with van der Waals surface area (Å²) in [6.07, 6.45) is 3.47. The SMILES string of the molecule is COc1ccc(-c2cn(-c3cccc(OCCCl)c3)c3ncnc(N)c23)cc1OCc1ccccc1. The third-order valence-corrected chi connectivity index (χ3v) is 5.92. The molecule has 0 bridgehead atoms. The van der Waals surface area contributed by atoms with E-state index in [4.69, 9.17) is 31.5 Å². The molecular formula is C28H25ClN4O3. The number of anilines is 1. The summed E-state index contributed by atoms with van der Waals surface area (Å²) in [5, 5.41) is 0.753. The van der Waals surface area contributed by atoms with Gasteiger partial charge in [-0.15, -0.1) is 11.6 Å². The minimum absolute atomic E-state index is 0.394. The van der Waals surface area contributed by atoms with Crippen molar-refractivity contribution >= 4 is 28.5 Å². The Labute approximate surface area is 214 Å². The molecule has 0 saturated heterocycles. The fraction of sp³-hybridized carbons (Fsp3) is 0.143. The van der Waals surface area contributed by atoms with Crippen LogP contribution >= 0.6 is 11.6 Å². The predicted molar refractivity (Wildman–Crippen MR) is 142 cm³/mol. The van der Waals surface area contributed by atoms with Crippen LogP contribution in [-0.2, 0) is 6.61 Å². The first kappa shape index (κ1) is 23.5. The maximum absolute atomic E-state index is 6.35. The van der Waals surface area contributed by atoms with Crippen LogP contribution in [0.1, 0.15) is 5.56 Å². The number of benzene rings is 3. The van der Waals surface area contributed by atoms with Crippen LogP contribution in [0.3, 0.4) is 0 Å². The van der Waals surface area contributed by atoms with Crippen LogP contribution in [0, 0.1) is 0 Å². The zero-order valence-electron chi connectivity index (χ0n) is 19.7. The van der Waals surface area contributed by atoms with Crippen molar-refractivity contribution in [2.45, 2.75) is 6.61 Å². The Kier molecular flexibility index (Phi) is 6.91. The molecule has 8 heteroatoms. The Morgan fingerprint density at radius 3 is 2.58 bits per heavy atom. The topological polar surface area (TPSA) is 84.4 Å². The third-order valence-electron chi connectivity index (χ3n) is 5.77. The van der Waals surface area contributed by atoms with Gasteiger partial charge in [0.1, 0.15) is 31.1 Å². The number of rotatable bonds is 9. The van der Waals surface area contributed by atoms with Crippen molar-refractivity contribution in [2.24, 2.45) is 0 Å². The molecule has 2 heterocycles. The minimum Gasteiger partial charge on any atom is -0.493 e. The number of ether oxygens (including phenoxy) is 3. The van der Waals surface area contributed by atoms with Crippen molar-refractivity contribution < 1.29 is 14.2 Å². The summed E-state index contributed by atoms with van der Waals surface area (Å²) in [5.74, 6) is 2.81. The highest BCUT2D eigenvalue weighted by Gasteiger charge is 2.18. The second-order valence-electron chi connectivity index (χ2n) is 8.05. The van der Waals surface area contributed by atoms with Crippen LogP contribution in [-0.4, -0.2) is 34.1 Å². The van der Waals surface area contributed by atoms with Crippen molar-refractivity contribution in [1.82, 2.24) is 14.5 Å². The lowest BCUT2D eigenvalue weighted by molar-refractivity contribution is 0.284. The van der Waals surface area contributed by atoms with Crippen molar-refractivity contribution in [3.63, 3.8) is 0 Å². The zero-order chi connectivity index (χ0) is 24.9. The number of nitrogen functional groups attached to an aromatic ring is 1. The number of hydrogen-bond donors (Lipinski definition) is 1. The largest absolute Gasteiger partial charge is 0.493 e. The van der Waals surface area contributed by atoms with Crippen LogP contribution in [0.15, 0.2) is 85.3 Å². The molecule has 7 nitrogen and oxygen atoms in total. The van der Waals surface area contributed by atoms with Crippen LogP contribution in [0.2, 0.25) is 0 Å². The Bertz CT molecular complexity index is 1490. The molecule has 2 N–H and O–H groups in total. The maximum atomic E-state index is 6.35. The molecule has 5 rings (SSSR count). The van der Waals surface area contributed by atoms with Gasteiger partial charge in [-0.25, -0.2) is 9.97 Å². The van der Waals surface area contributed by atoms with Gasteiger partial charge in [0.05, 0.1) is 24.1 Å². The van der Waals surface area contributed by atoms with Gasteiger partial charge in [0.25, 0.3) is 0 Å². The molecule has 36 heavy (non-hydrogen) atoms. The molecule has 2 aromatic heterocycles. The Morgan fingerprint density at radius 2 is 1.78 bits per heavy atom. The number of nitrogens with two attached hydrogens (primary N) is 1. The van der Waals surface area contributed by atoms with E-state index in [1.54, 1.807) is 7.11 Å². The predicted octanol–water partition coefficient (Wildman–Crippen LogP) is 5.87. The van der Waals surface area contributed by atoms with E-state index < -0.39 is 0 Å². The highest BCUT2D eigenvalue weighted by molar-refractivity contribution is 6.18. The van der Waals surface area contributed by atoms with Gasteiger partial charge in [0, 0.05) is 17.8 Å². The highest BCUT2D eigenvalue weighted by atomic mass is 35.5. The number of nitrogens with zero attached hydrogens (tertiary/aromatic N) is 3. The summed E-state index contributed by atoms with van der Waals surface area (Å²) in [6, 6.07) is 23.6. The van der Waals surface area contributed by atoms with Crippen molar-refractivity contribution in [3.8, 4) is 34.1 Å². The number of hydrogen-bond acceptors (Lipinski definition) is 6. The normalized spacial score (nSPS) is 10.9. The van der Waals surface area contributed by atoms with Crippen LogP contribution in [0.25, 0.3) is 27.8 Å². The number of aromatic nitrogens is 3. The van der Waals surface area contributed by atoms with E-state index in [1.165, 1.54) is 6.33 Å². The summed E-state index contributed by atoms with van der Waals surface area (Å²) in [4.78, 5) is 8.79. The zero-order valence-corrected chi connectivity index (χ0v) is 20.5. The minimum atomic E-state index is 0.394. The summed E-state index contributed by atoms with van der Waals surface area (Å²) in [5.41, 5.74) is 10.8. The van der Waals surface area contributed by atoms with Gasteiger partial charge in [-0.3, -0.25) is 0 Å². The molecular weight excluding hydrogens is 476 g/mol. The molecule has 0 aliphatic heterocycles. The van der Waals surface area contributed by atoms with Crippen LogP contribution in [0.4, 0.5) is 5.82 Å². The molecule has 0 radical (unpaired) electrons. The molecule has 5 aromatic rings. The molecule has 182 valence electrons. The second kappa shape index (κ2) is 10.6. The molecule has 3 aromatic carbocycles. The van der Waals surface area contributed by atoms with Crippen molar-refractivity contribution in [3.05, 3.63) is 90.9 Å². The van der Waals surface area contributed by atoms with E-state index in [1.807, 2.05) is 83.6 Å². The van der Waals surface area contributed by atoms with Crippen LogP contribution < -0.4 is 19.9 Å². The lowest BCUT2D eigenvalue weighted by Crippen LogP contribution is -2.00. The summed E-state index contributed by atoms with van der Waals surface area (Å²) in [7, 11) is 1.63. The van der Waals surface area contributed by atoms with Gasteiger partial charge in [-0.1, -0.05) is 42.5 Å². The average Bonchev–Trinajstić information content (AvgIpc) is 3.32. The Morgan fingerprint density at radius 1 is 0.917 bits per heavy atom. The Hall–Kier alpha value is -4.23. The molecule has 0 amide bonds. The van der Waals surface area contributed by atoms with Crippen molar-refractivity contribution in [2.75, 3.05) is 25.3 Å². The molecule has 0 atom stereocenters.